The predicted octanol–water partition coefficient (Wildman–Crippen LogP) is 1.75. The van der Waals surface area contributed by atoms with Gasteiger partial charge in [-0.3, -0.25) is 4.79 Å². The Morgan fingerprint density at radius 3 is 2.42 bits per heavy atom. The molecule has 0 saturated carbocycles. The number of hydrogen-bond acceptors (Lipinski definition) is 5. The summed E-state index contributed by atoms with van der Waals surface area (Å²) in [7, 11) is 0. The molecule has 1 N–H and O–H groups in total. The monoisotopic (exact) mass is 344 g/mol. The first kappa shape index (κ1) is 17.9. The van der Waals surface area contributed by atoms with Crippen molar-refractivity contribution in [3.8, 4) is 0 Å². The minimum absolute atomic E-state index is 0.160. The molecule has 0 aliphatic carbocycles. The molecule has 0 spiro atoms. The average molecular weight is 344 g/mol. The molecule has 0 saturated heterocycles. The minimum atomic E-state index is -5.20. The van der Waals surface area contributed by atoms with E-state index < -0.39 is 30.2 Å². The molecule has 1 atom stereocenters. The molecular weight excluding hydrogens is 329 g/mol. The lowest BCUT2D eigenvalue weighted by molar-refractivity contribution is -0.302. The third kappa shape index (κ3) is 3.12. The number of carbonyl (C=O) groups excluding carboxylic acids is 2. The van der Waals surface area contributed by atoms with Gasteiger partial charge in [-0.2, -0.15) is 23.3 Å². The van der Waals surface area contributed by atoms with Gasteiger partial charge >= 0.3 is 18.1 Å². The Labute approximate surface area is 135 Å². The standard InChI is InChI=1S/C15H15F3N2O4/c1-3-24-13(22)12(21)20-14(23,15(16,17)18)8-11(19-20)10-6-4-9(2)5-7-10/h4-7,23H,3,8H2,1-2H3. The molecule has 1 aliphatic rings. The number of nitrogens with zero attached hydrogens (tertiary/aromatic N) is 2. The van der Waals surface area contributed by atoms with Crippen LogP contribution in [-0.4, -0.2) is 46.2 Å². The lowest BCUT2D eigenvalue weighted by atomic mass is 10.00. The normalized spacial score (nSPS) is 20.8. The molecule has 1 aromatic rings. The highest BCUT2D eigenvalue weighted by molar-refractivity contribution is 6.33. The number of esters is 1. The highest BCUT2D eigenvalue weighted by Gasteiger charge is 2.64. The molecule has 1 amide bonds. The molecule has 1 heterocycles. The Morgan fingerprint density at radius 1 is 1.33 bits per heavy atom. The fraction of sp³-hybridized carbons (Fsp3) is 0.400. The van der Waals surface area contributed by atoms with Crippen molar-refractivity contribution in [2.45, 2.75) is 32.2 Å². The molecule has 1 unspecified atom stereocenters. The summed E-state index contributed by atoms with van der Waals surface area (Å²) < 4.78 is 44.3. The van der Waals surface area contributed by atoms with E-state index >= 15 is 0 Å². The second kappa shape index (κ2) is 6.23. The zero-order chi connectivity index (χ0) is 18.1. The number of alkyl halides is 3. The van der Waals surface area contributed by atoms with Crippen LogP contribution >= 0.6 is 0 Å². The van der Waals surface area contributed by atoms with Crippen LogP contribution in [0.1, 0.15) is 24.5 Å². The third-order valence-corrected chi connectivity index (χ3v) is 3.47. The van der Waals surface area contributed by atoms with Crippen molar-refractivity contribution in [1.82, 2.24) is 5.01 Å². The summed E-state index contributed by atoms with van der Waals surface area (Å²) in [5.41, 5.74) is -2.57. The Bertz CT molecular complexity index is 685. The van der Waals surface area contributed by atoms with Crippen molar-refractivity contribution in [1.29, 1.82) is 0 Å². The Morgan fingerprint density at radius 2 is 1.92 bits per heavy atom. The largest absolute Gasteiger partial charge is 0.459 e. The van der Waals surface area contributed by atoms with E-state index in [0.29, 0.717) is 5.56 Å². The van der Waals surface area contributed by atoms with E-state index in [1.165, 1.54) is 19.1 Å². The molecule has 130 valence electrons. The minimum Gasteiger partial charge on any atom is -0.459 e. The Balaban J connectivity index is 2.43. The van der Waals surface area contributed by atoms with Crippen LogP contribution in [-0.2, 0) is 14.3 Å². The lowest BCUT2D eigenvalue weighted by Gasteiger charge is -2.31. The van der Waals surface area contributed by atoms with Gasteiger partial charge in [0.15, 0.2) is 0 Å². The smallest absolute Gasteiger partial charge is 0.438 e. The van der Waals surface area contributed by atoms with Crippen molar-refractivity contribution >= 4 is 17.6 Å². The van der Waals surface area contributed by atoms with Gasteiger partial charge in [0, 0.05) is 0 Å². The van der Waals surface area contributed by atoms with Gasteiger partial charge in [-0.05, 0) is 19.4 Å². The van der Waals surface area contributed by atoms with E-state index in [1.807, 2.05) is 0 Å². The summed E-state index contributed by atoms with van der Waals surface area (Å²) in [4.78, 5) is 23.4. The summed E-state index contributed by atoms with van der Waals surface area (Å²) in [6.07, 6.45) is -6.18. The molecule has 1 aromatic carbocycles. The molecule has 0 bridgehead atoms. The number of hydrogen-bond donors (Lipinski definition) is 1. The van der Waals surface area contributed by atoms with Gasteiger partial charge < -0.3 is 9.84 Å². The second-order valence-corrected chi connectivity index (χ2v) is 5.24. The van der Waals surface area contributed by atoms with Gasteiger partial charge in [0.05, 0.1) is 18.7 Å². The molecule has 24 heavy (non-hydrogen) atoms. The van der Waals surface area contributed by atoms with Crippen molar-refractivity contribution in [2.75, 3.05) is 6.61 Å². The van der Waals surface area contributed by atoms with Crippen molar-refractivity contribution in [2.24, 2.45) is 5.10 Å². The molecule has 2 rings (SSSR count). The highest BCUT2D eigenvalue weighted by Crippen LogP contribution is 2.41. The van der Waals surface area contributed by atoms with Gasteiger partial charge in [0.25, 0.3) is 5.72 Å². The molecule has 6 nitrogen and oxygen atoms in total. The maximum atomic E-state index is 13.3. The maximum absolute atomic E-state index is 13.3. The van der Waals surface area contributed by atoms with E-state index in [0.717, 1.165) is 5.56 Å². The molecule has 9 heteroatoms. The summed E-state index contributed by atoms with van der Waals surface area (Å²) in [6, 6.07) is 6.34. The summed E-state index contributed by atoms with van der Waals surface area (Å²) in [5, 5.41) is 13.3. The lowest BCUT2D eigenvalue weighted by Crippen LogP contribution is -2.58. The second-order valence-electron chi connectivity index (χ2n) is 5.24. The fourth-order valence-corrected chi connectivity index (χ4v) is 2.17. The van der Waals surface area contributed by atoms with Crippen LogP contribution in [0.4, 0.5) is 13.2 Å². The number of aliphatic hydroxyl groups is 1. The SMILES string of the molecule is CCOC(=O)C(=O)N1N=C(c2ccc(C)cc2)CC1(O)C(F)(F)F. The number of halogens is 3. The van der Waals surface area contributed by atoms with Gasteiger partial charge in [-0.25, -0.2) is 4.79 Å². The first-order valence-corrected chi connectivity index (χ1v) is 7.05. The van der Waals surface area contributed by atoms with Crippen molar-refractivity contribution in [3.05, 3.63) is 35.4 Å². The number of aryl methyl sites for hydroxylation is 1. The first-order valence-electron chi connectivity index (χ1n) is 7.05. The zero-order valence-corrected chi connectivity index (χ0v) is 12.9. The van der Waals surface area contributed by atoms with Crippen LogP contribution in [0.2, 0.25) is 0 Å². The molecular formula is C15H15F3N2O4. The van der Waals surface area contributed by atoms with Crippen LogP contribution in [0.3, 0.4) is 0 Å². The van der Waals surface area contributed by atoms with Gasteiger partial charge in [0.1, 0.15) is 0 Å². The zero-order valence-electron chi connectivity index (χ0n) is 12.9. The summed E-state index contributed by atoms with van der Waals surface area (Å²) in [5.74, 6) is -3.20. The summed E-state index contributed by atoms with van der Waals surface area (Å²) >= 11 is 0. The van der Waals surface area contributed by atoms with E-state index in [1.54, 1.807) is 19.1 Å². The number of amides is 1. The number of benzene rings is 1. The van der Waals surface area contributed by atoms with Gasteiger partial charge in [0.2, 0.25) is 0 Å². The van der Waals surface area contributed by atoms with E-state index in [9.17, 15) is 27.9 Å². The molecule has 0 radical (unpaired) electrons. The fourth-order valence-electron chi connectivity index (χ4n) is 2.17. The van der Waals surface area contributed by atoms with Gasteiger partial charge in [-0.1, -0.05) is 29.8 Å². The van der Waals surface area contributed by atoms with E-state index in [2.05, 4.69) is 9.84 Å². The van der Waals surface area contributed by atoms with Crippen LogP contribution in [0.25, 0.3) is 0 Å². The van der Waals surface area contributed by atoms with Crippen LogP contribution < -0.4 is 0 Å². The molecule has 0 aromatic heterocycles. The third-order valence-electron chi connectivity index (χ3n) is 3.47. The molecule has 0 fully saturated rings. The van der Waals surface area contributed by atoms with Crippen LogP contribution in [0, 0.1) is 6.92 Å². The van der Waals surface area contributed by atoms with Crippen LogP contribution in [0.15, 0.2) is 29.4 Å². The van der Waals surface area contributed by atoms with Crippen LogP contribution in [0.5, 0.6) is 0 Å². The Kier molecular flexibility index (Phi) is 4.66. The molecule has 1 aliphatic heterocycles. The predicted molar refractivity (Wildman–Crippen MR) is 76.8 cm³/mol. The van der Waals surface area contributed by atoms with Crippen molar-refractivity contribution < 1.29 is 32.6 Å². The number of ether oxygens (including phenoxy) is 1. The van der Waals surface area contributed by atoms with E-state index in [-0.39, 0.29) is 17.3 Å². The number of hydrazone groups is 1. The summed E-state index contributed by atoms with van der Waals surface area (Å²) in [6.45, 7) is 2.99. The van der Waals surface area contributed by atoms with E-state index in [4.69, 9.17) is 0 Å². The first-order chi connectivity index (χ1) is 11.1. The highest BCUT2D eigenvalue weighted by atomic mass is 19.4. The van der Waals surface area contributed by atoms with Crippen molar-refractivity contribution in [3.63, 3.8) is 0 Å². The number of rotatable bonds is 2. The van der Waals surface area contributed by atoms with Gasteiger partial charge in [-0.15, -0.1) is 0 Å². The quantitative estimate of drug-likeness (QED) is 0.655. The Hall–Kier alpha value is -2.42. The maximum Gasteiger partial charge on any atom is 0.438 e. The topological polar surface area (TPSA) is 79.2 Å². The average Bonchev–Trinajstić information content (AvgIpc) is 2.86. The number of carbonyl (C=O) groups is 2.